The summed E-state index contributed by atoms with van der Waals surface area (Å²) < 4.78 is 5.24. The zero-order valence-electron chi connectivity index (χ0n) is 9.75. The predicted molar refractivity (Wildman–Crippen MR) is 59.6 cm³/mol. The van der Waals surface area contributed by atoms with Crippen LogP contribution < -0.4 is 5.32 Å². The lowest BCUT2D eigenvalue weighted by molar-refractivity contribution is 0.0690. The first-order chi connectivity index (χ1) is 6.79. The van der Waals surface area contributed by atoms with Crippen LogP contribution in [0.15, 0.2) is 0 Å². The minimum absolute atomic E-state index is 0.574. The molecule has 0 aromatic rings. The van der Waals surface area contributed by atoms with Crippen molar-refractivity contribution in [3.05, 3.63) is 0 Å². The van der Waals surface area contributed by atoms with Crippen LogP contribution in [0.2, 0.25) is 0 Å². The maximum atomic E-state index is 5.24. The fourth-order valence-corrected chi connectivity index (χ4v) is 2.19. The molecule has 84 valence electrons. The first-order valence-electron chi connectivity index (χ1n) is 5.71. The normalized spacial score (nSPS) is 25.3. The van der Waals surface area contributed by atoms with Crippen molar-refractivity contribution >= 4 is 0 Å². The maximum absolute atomic E-state index is 5.24. The molecule has 14 heavy (non-hydrogen) atoms. The molecule has 0 amide bonds. The van der Waals surface area contributed by atoms with Crippen molar-refractivity contribution in [1.82, 2.24) is 10.2 Å². The van der Waals surface area contributed by atoms with Crippen molar-refractivity contribution in [3.8, 4) is 0 Å². The number of nitrogens with one attached hydrogen (secondary N) is 1. The van der Waals surface area contributed by atoms with Crippen LogP contribution in [0.3, 0.4) is 0 Å². The van der Waals surface area contributed by atoms with Gasteiger partial charge >= 0.3 is 0 Å². The molecular formula is C11H24N2O. The molecule has 1 aliphatic rings. The average molecular weight is 200 g/mol. The van der Waals surface area contributed by atoms with Crippen molar-refractivity contribution in [1.29, 1.82) is 0 Å². The Balaban J connectivity index is 2.38. The third-order valence-corrected chi connectivity index (χ3v) is 3.25. The first-order valence-corrected chi connectivity index (χ1v) is 5.71. The highest BCUT2D eigenvalue weighted by molar-refractivity contribution is 4.80. The van der Waals surface area contributed by atoms with E-state index in [1.54, 1.807) is 7.11 Å². The van der Waals surface area contributed by atoms with Crippen LogP contribution in [0.1, 0.15) is 26.2 Å². The summed E-state index contributed by atoms with van der Waals surface area (Å²) in [5.74, 6) is 0. The maximum Gasteiger partial charge on any atom is 0.0617 e. The number of likely N-dealkylation sites (N-methyl/N-ethyl adjacent to an activating group) is 1. The molecule has 0 aliphatic carbocycles. The Hall–Kier alpha value is -0.120. The molecule has 1 N–H and O–H groups in total. The third kappa shape index (κ3) is 3.23. The van der Waals surface area contributed by atoms with E-state index in [0.717, 1.165) is 13.2 Å². The van der Waals surface area contributed by atoms with Gasteiger partial charge in [-0.1, -0.05) is 6.92 Å². The Bertz CT molecular complexity index is 141. The zero-order chi connectivity index (χ0) is 10.4. The van der Waals surface area contributed by atoms with Gasteiger partial charge in [0.2, 0.25) is 0 Å². The lowest BCUT2D eigenvalue weighted by atomic mass is 10.0. The summed E-state index contributed by atoms with van der Waals surface area (Å²) >= 11 is 0. The highest BCUT2D eigenvalue weighted by atomic mass is 16.5. The molecule has 1 aliphatic heterocycles. The molecule has 0 aromatic carbocycles. The van der Waals surface area contributed by atoms with E-state index in [0.29, 0.717) is 12.1 Å². The van der Waals surface area contributed by atoms with Crippen LogP contribution in [0, 0.1) is 0 Å². The molecule has 1 heterocycles. The van der Waals surface area contributed by atoms with E-state index in [4.69, 9.17) is 4.74 Å². The number of hydrogen-bond donors (Lipinski definition) is 1. The number of rotatable bonds is 5. The lowest BCUT2D eigenvalue weighted by Gasteiger charge is -2.36. The third-order valence-electron chi connectivity index (χ3n) is 3.25. The van der Waals surface area contributed by atoms with Gasteiger partial charge in [-0.2, -0.15) is 0 Å². The fraction of sp³-hybridized carbons (Fsp3) is 1.00. The Morgan fingerprint density at radius 1 is 1.57 bits per heavy atom. The van der Waals surface area contributed by atoms with E-state index in [2.05, 4.69) is 24.2 Å². The van der Waals surface area contributed by atoms with E-state index < -0.39 is 0 Å². The van der Waals surface area contributed by atoms with Crippen molar-refractivity contribution in [2.45, 2.75) is 38.3 Å². The number of ether oxygens (including phenoxy) is 1. The van der Waals surface area contributed by atoms with Gasteiger partial charge in [-0.25, -0.2) is 0 Å². The van der Waals surface area contributed by atoms with Crippen LogP contribution in [0.5, 0.6) is 0 Å². The van der Waals surface area contributed by atoms with Gasteiger partial charge in [-0.3, -0.25) is 4.90 Å². The average Bonchev–Trinajstić information content (AvgIpc) is 2.26. The molecule has 0 aromatic heterocycles. The molecule has 3 heteroatoms. The number of nitrogens with zero attached hydrogens (tertiary/aromatic N) is 1. The summed E-state index contributed by atoms with van der Waals surface area (Å²) in [6.07, 6.45) is 3.79. The zero-order valence-corrected chi connectivity index (χ0v) is 9.75. The van der Waals surface area contributed by atoms with Gasteiger partial charge in [0.25, 0.3) is 0 Å². The van der Waals surface area contributed by atoms with E-state index in [1.807, 2.05) is 0 Å². The van der Waals surface area contributed by atoms with Gasteiger partial charge < -0.3 is 10.1 Å². The Morgan fingerprint density at radius 3 is 2.86 bits per heavy atom. The molecule has 0 spiro atoms. The van der Waals surface area contributed by atoms with Crippen LogP contribution in [-0.4, -0.2) is 50.8 Å². The molecule has 1 fully saturated rings. The van der Waals surface area contributed by atoms with E-state index in [9.17, 15) is 0 Å². The molecule has 0 saturated carbocycles. The summed E-state index contributed by atoms with van der Waals surface area (Å²) in [5.41, 5.74) is 0. The Morgan fingerprint density at radius 2 is 2.36 bits per heavy atom. The van der Waals surface area contributed by atoms with Crippen LogP contribution in [0.4, 0.5) is 0 Å². The largest absolute Gasteiger partial charge is 0.383 e. The topological polar surface area (TPSA) is 24.5 Å². The van der Waals surface area contributed by atoms with E-state index in [-0.39, 0.29) is 0 Å². The van der Waals surface area contributed by atoms with E-state index in [1.165, 1.54) is 25.8 Å². The van der Waals surface area contributed by atoms with Gasteiger partial charge in [0.05, 0.1) is 6.61 Å². The number of hydrogen-bond acceptors (Lipinski definition) is 3. The SMILES string of the molecule is CCC(COC)N(C)C1CCCNC1. The second kappa shape index (κ2) is 6.38. The van der Waals surface area contributed by atoms with Crippen molar-refractivity contribution in [2.24, 2.45) is 0 Å². The Labute approximate surface area is 87.8 Å². The molecule has 2 atom stereocenters. The van der Waals surface area contributed by atoms with Crippen LogP contribution in [0.25, 0.3) is 0 Å². The van der Waals surface area contributed by atoms with Gasteiger partial charge in [0.1, 0.15) is 0 Å². The van der Waals surface area contributed by atoms with Crippen molar-refractivity contribution in [2.75, 3.05) is 33.9 Å². The quantitative estimate of drug-likeness (QED) is 0.719. The molecule has 1 rings (SSSR count). The highest BCUT2D eigenvalue weighted by Gasteiger charge is 2.22. The van der Waals surface area contributed by atoms with Crippen LogP contribution >= 0.6 is 0 Å². The van der Waals surface area contributed by atoms with Crippen molar-refractivity contribution in [3.63, 3.8) is 0 Å². The molecular weight excluding hydrogens is 176 g/mol. The number of piperidine rings is 1. The highest BCUT2D eigenvalue weighted by Crippen LogP contribution is 2.13. The minimum Gasteiger partial charge on any atom is -0.383 e. The van der Waals surface area contributed by atoms with Gasteiger partial charge in [0.15, 0.2) is 0 Å². The second-order valence-corrected chi connectivity index (χ2v) is 4.18. The predicted octanol–water partition coefficient (Wildman–Crippen LogP) is 1.10. The smallest absolute Gasteiger partial charge is 0.0617 e. The standard InChI is InChI=1S/C11H24N2O/c1-4-10(9-14-3)13(2)11-6-5-7-12-8-11/h10-12H,4-9H2,1-3H3. The molecule has 2 unspecified atom stereocenters. The second-order valence-electron chi connectivity index (χ2n) is 4.18. The lowest BCUT2D eigenvalue weighted by Crippen LogP contribution is -2.49. The van der Waals surface area contributed by atoms with Gasteiger partial charge in [-0.05, 0) is 32.9 Å². The first kappa shape index (κ1) is 12.0. The minimum atomic E-state index is 0.574. The molecule has 0 radical (unpaired) electrons. The fourth-order valence-electron chi connectivity index (χ4n) is 2.19. The summed E-state index contributed by atoms with van der Waals surface area (Å²) in [4.78, 5) is 2.48. The Kier molecular flexibility index (Phi) is 5.45. The summed E-state index contributed by atoms with van der Waals surface area (Å²) in [6, 6.07) is 1.27. The van der Waals surface area contributed by atoms with Gasteiger partial charge in [-0.15, -0.1) is 0 Å². The van der Waals surface area contributed by atoms with Gasteiger partial charge in [0, 0.05) is 25.7 Å². The monoisotopic (exact) mass is 200 g/mol. The van der Waals surface area contributed by atoms with Crippen molar-refractivity contribution < 1.29 is 4.74 Å². The van der Waals surface area contributed by atoms with E-state index >= 15 is 0 Å². The summed E-state index contributed by atoms with van der Waals surface area (Å²) in [5, 5.41) is 3.45. The number of methoxy groups -OCH3 is 1. The molecule has 1 saturated heterocycles. The van der Waals surface area contributed by atoms with Crippen LogP contribution in [-0.2, 0) is 4.74 Å². The summed E-state index contributed by atoms with van der Waals surface area (Å²) in [7, 11) is 4.01. The molecule has 0 bridgehead atoms. The molecule has 3 nitrogen and oxygen atoms in total. The summed E-state index contributed by atoms with van der Waals surface area (Å²) in [6.45, 7) is 5.40.